The summed E-state index contributed by atoms with van der Waals surface area (Å²) in [5, 5.41) is 12.5. The van der Waals surface area contributed by atoms with Crippen molar-refractivity contribution in [3.8, 4) is 28.1 Å². The maximum atomic E-state index is 12.4. The summed E-state index contributed by atoms with van der Waals surface area (Å²) < 4.78 is 19.8. The smallest absolute Gasteiger partial charge is 0.294 e. The van der Waals surface area contributed by atoms with Gasteiger partial charge in [-0.05, 0) is 30.2 Å². The first-order valence-corrected chi connectivity index (χ1v) is 11.3. The van der Waals surface area contributed by atoms with E-state index in [1.54, 1.807) is 41.7 Å². The molecular formula is C21H24N6O4S. The van der Waals surface area contributed by atoms with Crippen LogP contribution in [0.1, 0.15) is 32.1 Å². The van der Waals surface area contributed by atoms with Crippen LogP contribution in [0.25, 0.3) is 21.9 Å². The van der Waals surface area contributed by atoms with Gasteiger partial charge in [-0.15, -0.1) is 5.10 Å². The van der Waals surface area contributed by atoms with Crippen molar-refractivity contribution in [1.29, 1.82) is 0 Å². The van der Waals surface area contributed by atoms with E-state index in [0.29, 0.717) is 38.6 Å². The van der Waals surface area contributed by atoms with E-state index in [1.165, 1.54) is 17.8 Å². The van der Waals surface area contributed by atoms with E-state index < -0.39 is 0 Å². The molecule has 1 aliphatic rings. The molecule has 1 saturated carbocycles. The van der Waals surface area contributed by atoms with Crippen LogP contribution in [0.5, 0.6) is 16.7 Å². The molecule has 4 heterocycles. The zero-order chi connectivity index (χ0) is 22.1. The van der Waals surface area contributed by atoms with Crippen LogP contribution in [0, 0.1) is 0 Å². The fraction of sp³-hybridized carbons (Fsp3) is 0.429. The van der Waals surface area contributed by atoms with Gasteiger partial charge in [0.25, 0.3) is 11.1 Å². The highest BCUT2D eigenvalue weighted by molar-refractivity contribution is 7.18. The molecule has 1 amide bonds. The van der Waals surface area contributed by atoms with Crippen molar-refractivity contribution in [3.63, 3.8) is 0 Å². The number of pyridine rings is 1. The molecule has 32 heavy (non-hydrogen) atoms. The summed E-state index contributed by atoms with van der Waals surface area (Å²) in [7, 11) is 3.15. The lowest BCUT2D eigenvalue weighted by atomic mass is 9.95. The molecule has 0 unspecified atom stereocenters. The first-order valence-electron chi connectivity index (χ1n) is 10.5. The third kappa shape index (κ3) is 4.07. The molecule has 0 aromatic carbocycles. The first-order chi connectivity index (χ1) is 15.6. The van der Waals surface area contributed by atoms with Crippen molar-refractivity contribution < 1.29 is 19.0 Å². The lowest BCUT2D eigenvalue weighted by molar-refractivity contribution is -0.124. The normalized spacial score (nSPS) is 14.7. The van der Waals surface area contributed by atoms with Crippen molar-refractivity contribution in [2.24, 2.45) is 0 Å². The Balaban J connectivity index is 1.38. The summed E-state index contributed by atoms with van der Waals surface area (Å²) in [6.07, 6.45) is 9.18. The second-order valence-corrected chi connectivity index (χ2v) is 8.64. The first kappa shape index (κ1) is 20.6. The van der Waals surface area contributed by atoms with Crippen molar-refractivity contribution in [2.75, 3.05) is 20.8 Å². The third-order valence-corrected chi connectivity index (χ3v) is 6.42. The van der Waals surface area contributed by atoms with Crippen LogP contribution in [0.4, 0.5) is 0 Å². The Morgan fingerprint density at radius 2 is 1.94 bits per heavy atom. The van der Waals surface area contributed by atoms with E-state index in [4.69, 9.17) is 14.2 Å². The second-order valence-electron chi connectivity index (χ2n) is 7.72. The van der Waals surface area contributed by atoms with Crippen molar-refractivity contribution in [3.05, 3.63) is 24.5 Å². The number of amides is 1. The zero-order valence-corrected chi connectivity index (χ0v) is 18.7. The molecule has 0 aliphatic heterocycles. The Kier molecular flexibility index (Phi) is 5.56. The average molecular weight is 457 g/mol. The van der Waals surface area contributed by atoms with Crippen LogP contribution in [-0.2, 0) is 4.79 Å². The summed E-state index contributed by atoms with van der Waals surface area (Å²) in [5.74, 6) is 0.974. The Morgan fingerprint density at radius 1 is 1.09 bits per heavy atom. The van der Waals surface area contributed by atoms with Gasteiger partial charge in [0.2, 0.25) is 4.96 Å². The van der Waals surface area contributed by atoms with E-state index in [-0.39, 0.29) is 18.6 Å². The van der Waals surface area contributed by atoms with Crippen molar-refractivity contribution in [2.45, 2.75) is 38.1 Å². The van der Waals surface area contributed by atoms with Gasteiger partial charge < -0.3 is 19.5 Å². The highest BCUT2D eigenvalue weighted by atomic mass is 32.1. The Hall–Kier alpha value is -3.34. The van der Waals surface area contributed by atoms with Crippen LogP contribution in [-0.4, -0.2) is 57.0 Å². The number of imidazole rings is 1. The molecular weight excluding hydrogens is 432 g/mol. The largest absolute Gasteiger partial charge is 0.495 e. The number of methoxy groups -OCH3 is 2. The highest BCUT2D eigenvalue weighted by Crippen LogP contribution is 2.30. The van der Waals surface area contributed by atoms with Gasteiger partial charge in [0, 0.05) is 12.1 Å². The van der Waals surface area contributed by atoms with Crippen LogP contribution in [0.3, 0.4) is 0 Å². The predicted octanol–water partition coefficient (Wildman–Crippen LogP) is 2.95. The topological polar surface area (TPSA) is 104 Å². The molecule has 1 fully saturated rings. The van der Waals surface area contributed by atoms with Gasteiger partial charge in [-0.25, -0.2) is 14.0 Å². The second kappa shape index (κ2) is 8.65. The molecule has 0 atom stereocenters. The molecule has 168 valence electrons. The maximum absolute atomic E-state index is 12.4. The summed E-state index contributed by atoms with van der Waals surface area (Å²) >= 11 is 1.35. The molecule has 1 N–H and O–H groups in total. The number of fused-ring (bicyclic) bond motifs is 2. The Labute approximate surface area is 188 Å². The van der Waals surface area contributed by atoms with E-state index >= 15 is 0 Å². The van der Waals surface area contributed by atoms with E-state index in [9.17, 15) is 4.79 Å². The van der Waals surface area contributed by atoms with Gasteiger partial charge in [0.1, 0.15) is 28.4 Å². The Bertz CT molecular complexity index is 1220. The van der Waals surface area contributed by atoms with E-state index in [0.717, 1.165) is 25.7 Å². The minimum Gasteiger partial charge on any atom is -0.495 e. The molecule has 0 radical (unpaired) electrons. The number of nitrogens with zero attached hydrogens (tertiary/aromatic N) is 5. The molecule has 5 rings (SSSR count). The van der Waals surface area contributed by atoms with Gasteiger partial charge >= 0.3 is 0 Å². The summed E-state index contributed by atoms with van der Waals surface area (Å²) in [6, 6.07) is 3.87. The molecule has 0 spiro atoms. The standard InChI is InChI=1S/C21H24N6O4S/c1-29-14-8-18(31-12-19(28)22-13-6-4-3-5-7-13)17-9-15(24-26(17)10-14)16-11-27-20(23-16)32-21(25-27)30-2/h8-11,13H,3-7,12H2,1-2H3,(H,22,28). The molecule has 11 heteroatoms. The van der Waals surface area contributed by atoms with Crippen LogP contribution in [0.15, 0.2) is 24.5 Å². The third-order valence-electron chi connectivity index (χ3n) is 5.54. The summed E-state index contributed by atoms with van der Waals surface area (Å²) in [6.45, 7) is -0.0657. The minimum atomic E-state index is -0.119. The van der Waals surface area contributed by atoms with Gasteiger partial charge in [0.15, 0.2) is 6.61 Å². The average Bonchev–Trinajstić information content (AvgIpc) is 3.50. The van der Waals surface area contributed by atoms with Gasteiger partial charge in [0.05, 0.1) is 26.6 Å². The van der Waals surface area contributed by atoms with E-state index in [2.05, 4.69) is 20.5 Å². The maximum Gasteiger partial charge on any atom is 0.294 e. The highest BCUT2D eigenvalue weighted by Gasteiger charge is 2.18. The van der Waals surface area contributed by atoms with Gasteiger partial charge in [-0.3, -0.25) is 4.79 Å². The minimum absolute atomic E-state index is 0.0657. The molecule has 0 saturated heterocycles. The fourth-order valence-electron chi connectivity index (χ4n) is 3.94. The predicted molar refractivity (Wildman–Crippen MR) is 119 cm³/mol. The monoisotopic (exact) mass is 456 g/mol. The lowest BCUT2D eigenvalue weighted by Crippen LogP contribution is -2.39. The number of nitrogens with one attached hydrogen (secondary N) is 1. The van der Waals surface area contributed by atoms with Crippen LogP contribution < -0.4 is 19.5 Å². The van der Waals surface area contributed by atoms with Crippen molar-refractivity contribution >= 4 is 27.7 Å². The number of hydrogen-bond acceptors (Lipinski definition) is 8. The quantitative estimate of drug-likeness (QED) is 0.456. The number of hydrogen-bond donors (Lipinski definition) is 1. The van der Waals surface area contributed by atoms with Gasteiger partial charge in [-0.1, -0.05) is 19.3 Å². The number of ether oxygens (including phenoxy) is 3. The Morgan fingerprint density at radius 3 is 2.69 bits per heavy atom. The van der Waals surface area contributed by atoms with Crippen molar-refractivity contribution in [1.82, 2.24) is 29.5 Å². The van der Waals surface area contributed by atoms with Crippen LogP contribution in [0.2, 0.25) is 0 Å². The summed E-state index contributed by atoms with van der Waals surface area (Å²) in [5.41, 5.74) is 2.05. The molecule has 0 bridgehead atoms. The molecule has 10 nitrogen and oxygen atoms in total. The summed E-state index contributed by atoms with van der Waals surface area (Å²) in [4.78, 5) is 17.7. The fourth-order valence-corrected chi connectivity index (χ4v) is 4.64. The van der Waals surface area contributed by atoms with Gasteiger partial charge in [-0.2, -0.15) is 5.10 Å². The van der Waals surface area contributed by atoms with E-state index in [1.807, 2.05) is 6.07 Å². The number of carbonyl (C=O) groups is 1. The number of carbonyl (C=O) groups excluding carboxylic acids is 1. The molecule has 4 aromatic rings. The molecule has 4 aromatic heterocycles. The number of aromatic nitrogens is 5. The molecule has 1 aliphatic carbocycles. The zero-order valence-electron chi connectivity index (χ0n) is 17.9. The van der Waals surface area contributed by atoms with Crippen LogP contribution >= 0.6 is 11.3 Å². The SMILES string of the molecule is COc1cc(OCC(=O)NC2CCCCC2)c2cc(-c3cn4nc(OC)sc4n3)nn2c1. The lowest BCUT2D eigenvalue weighted by Gasteiger charge is -2.22. The number of rotatable bonds is 7.